The first kappa shape index (κ1) is 14.9. The molecule has 2 aromatic heterocycles. The lowest BCUT2D eigenvalue weighted by Gasteiger charge is -2.10. The maximum atomic E-state index is 12.1. The fourth-order valence-corrected chi connectivity index (χ4v) is 3.23. The largest absolute Gasteiger partial charge is 0.360 e. The molecule has 0 bridgehead atoms. The summed E-state index contributed by atoms with van der Waals surface area (Å²) in [6.45, 7) is 3.93. The normalized spacial score (nSPS) is 13.9. The van der Waals surface area contributed by atoms with Crippen molar-refractivity contribution >= 4 is 28.0 Å². The van der Waals surface area contributed by atoms with E-state index in [1.54, 1.807) is 31.3 Å². The van der Waals surface area contributed by atoms with Crippen LogP contribution in [0.3, 0.4) is 0 Å². The van der Waals surface area contributed by atoms with Gasteiger partial charge in [0, 0.05) is 21.7 Å². The molecule has 2 unspecified atom stereocenters. The van der Waals surface area contributed by atoms with Gasteiger partial charge in [0.15, 0.2) is 0 Å². The van der Waals surface area contributed by atoms with Crippen LogP contribution in [0, 0.1) is 6.92 Å². The van der Waals surface area contributed by atoms with Crippen LogP contribution in [0.5, 0.6) is 0 Å². The van der Waals surface area contributed by atoms with Crippen molar-refractivity contribution in [1.82, 2.24) is 10.5 Å². The van der Waals surface area contributed by atoms with Gasteiger partial charge in [-0.2, -0.15) is 0 Å². The van der Waals surface area contributed by atoms with E-state index < -0.39 is 16.0 Å². The predicted molar refractivity (Wildman–Crippen MR) is 78.7 cm³/mol. The highest BCUT2D eigenvalue weighted by Crippen LogP contribution is 2.10. The van der Waals surface area contributed by atoms with Gasteiger partial charge < -0.3 is 9.84 Å². The van der Waals surface area contributed by atoms with E-state index in [9.17, 15) is 9.00 Å². The fourth-order valence-electron chi connectivity index (χ4n) is 1.60. The van der Waals surface area contributed by atoms with Crippen molar-refractivity contribution in [2.24, 2.45) is 0 Å². The Morgan fingerprint density at radius 2 is 2.40 bits per heavy atom. The number of aryl methyl sites for hydroxylation is 1. The number of nitrogens with zero attached hydrogens (tertiary/aromatic N) is 1. The van der Waals surface area contributed by atoms with E-state index in [-0.39, 0.29) is 11.7 Å². The Kier molecular flexibility index (Phi) is 5.08. The third-order valence-corrected chi connectivity index (χ3v) is 5.19. The van der Waals surface area contributed by atoms with E-state index in [1.165, 1.54) is 0 Å². The summed E-state index contributed by atoms with van der Waals surface area (Å²) in [5.41, 5.74) is 0.742. The molecule has 1 N–H and O–H groups in total. The molecule has 0 saturated carbocycles. The molecule has 0 fully saturated rings. The van der Waals surface area contributed by atoms with Crippen LogP contribution in [-0.2, 0) is 27.9 Å². The van der Waals surface area contributed by atoms with Gasteiger partial charge >= 0.3 is 0 Å². The molecule has 0 saturated heterocycles. The van der Waals surface area contributed by atoms with Crippen LogP contribution in [0.1, 0.15) is 23.3 Å². The summed E-state index contributed by atoms with van der Waals surface area (Å²) in [6.07, 6.45) is 0. The summed E-state index contributed by atoms with van der Waals surface area (Å²) in [4.78, 5) is 13.0. The van der Waals surface area contributed by atoms with E-state index in [0.717, 1.165) is 10.6 Å². The molecule has 0 aliphatic heterocycles. The molecule has 0 aromatic carbocycles. The van der Waals surface area contributed by atoms with Gasteiger partial charge in [-0.05, 0) is 25.3 Å². The lowest BCUT2D eigenvalue weighted by molar-refractivity contribution is -0.120. The first-order valence-electron chi connectivity index (χ1n) is 6.15. The molecule has 0 spiro atoms. The van der Waals surface area contributed by atoms with E-state index in [0.29, 0.717) is 12.3 Å². The minimum atomic E-state index is -1.32. The quantitative estimate of drug-likeness (QED) is 0.885. The maximum absolute atomic E-state index is 12.1. The molecule has 2 atom stereocenters. The molecule has 2 heterocycles. The number of nitrogens with one attached hydrogen (secondary N) is 1. The van der Waals surface area contributed by atoms with Crippen molar-refractivity contribution in [3.05, 3.63) is 39.9 Å². The molecule has 1 amide bonds. The summed E-state index contributed by atoms with van der Waals surface area (Å²) in [7, 11) is -1.32. The Morgan fingerprint density at radius 3 is 3.00 bits per heavy atom. The van der Waals surface area contributed by atoms with Crippen LogP contribution < -0.4 is 5.32 Å². The number of aromatic nitrogens is 1. The highest BCUT2D eigenvalue weighted by molar-refractivity contribution is 7.85. The second kappa shape index (κ2) is 6.81. The van der Waals surface area contributed by atoms with Gasteiger partial charge in [0.2, 0.25) is 5.91 Å². The van der Waals surface area contributed by atoms with E-state index in [4.69, 9.17) is 4.52 Å². The van der Waals surface area contributed by atoms with Crippen molar-refractivity contribution in [2.75, 3.05) is 0 Å². The van der Waals surface area contributed by atoms with Crippen molar-refractivity contribution in [3.63, 3.8) is 0 Å². The average Bonchev–Trinajstić information content (AvgIpc) is 3.06. The average molecular weight is 312 g/mol. The highest BCUT2D eigenvalue weighted by atomic mass is 32.2. The van der Waals surface area contributed by atoms with Crippen LogP contribution in [-0.4, -0.2) is 20.5 Å². The zero-order valence-corrected chi connectivity index (χ0v) is 12.9. The molecular formula is C13H16N2O3S2. The number of carbonyl (C=O) groups is 1. The van der Waals surface area contributed by atoms with Crippen LogP contribution in [0.25, 0.3) is 0 Å². The first-order valence-corrected chi connectivity index (χ1v) is 8.42. The van der Waals surface area contributed by atoms with Gasteiger partial charge in [0.25, 0.3) is 0 Å². The number of amides is 1. The van der Waals surface area contributed by atoms with Gasteiger partial charge in [-0.25, -0.2) is 0 Å². The van der Waals surface area contributed by atoms with Crippen LogP contribution in [0.2, 0.25) is 0 Å². The molecule has 0 aliphatic rings. The molecule has 2 rings (SSSR count). The second-order valence-corrected chi connectivity index (χ2v) is 7.19. The summed E-state index contributed by atoms with van der Waals surface area (Å²) >= 11 is 1.58. The fraction of sp³-hybridized carbons (Fsp3) is 0.385. The number of hydrogen-bond donors (Lipinski definition) is 1. The number of thiophene rings is 1. The zero-order chi connectivity index (χ0) is 14.5. The van der Waals surface area contributed by atoms with E-state index in [2.05, 4.69) is 10.5 Å². The number of rotatable bonds is 6. The summed E-state index contributed by atoms with van der Waals surface area (Å²) in [5, 5.41) is 7.89. The lowest BCUT2D eigenvalue weighted by atomic mass is 10.4. The zero-order valence-electron chi connectivity index (χ0n) is 11.3. The van der Waals surface area contributed by atoms with E-state index >= 15 is 0 Å². The monoisotopic (exact) mass is 312 g/mol. The summed E-state index contributed by atoms with van der Waals surface area (Å²) in [5.74, 6) is 0.528. The third-order valence-electron chi connectivity index (χ3n) is 2.74. The van der Waals surface area contributed by atoms with Gasteiger partial charge in [-0.15, -0.1) is 11.3 Å². The minimum absolute atomic E-state index is 0.203. The molecule has 0 aliphatic carbocycles. The molecule has 0 radical (unpaired) electrons. The standard InChI is InChI=1S/C13H16N2O3S2/c1-9-6-11(18-15-9)8-20(17)10(2)13(16)14-7-12-4-3-5-19-12/h3-6,10H,7-8H2,1-2H3,(H,14,16). The summed E-state index contributed by atoms with van der Waals surface area (Å²) in [6, 6.07) is 5.61. The highest BCUT2D eigenvalue weighted by Gasteiger charge is 2.21. The van der Waals surface area contributed by atoms with Crippen LogP contribution >= 0.6 is 11.3 Å². The van der Waals surface area contributed by atoms with Crippen molar-refractivity contribution in [3.8, 4) is 0 Å². The SMILES string of the molecule is Cc1cc(CS(=O)C(C)C(=O)NCc2cccs2)on1. The Labute approximate surface area is 123 Å². The molecular weight excluding hydrogens is 296 g/mol. The van der Waals surface area contributed by atoms with Gasteiger partial charge in [-0.3, -0.25) is 9.00 Å². The maximum Gasteiger partial charge on any atom is 0.235 e. The smallest absolute Gasteiger partial charge is 0.235 e. The van der Waals surface area contributed by atoms with Crippen molar-refractivity contribution in [1.29, 1.82) is 0 Å². The Bertz CT molecular complexity index is 593. The Balaban J connectivity index is 1.84. The molecule has 7 heteroatoms. The summed E-state index contributed by atoms with van der Waals surface area (Å²) < 4.78 is 17.1. The van der Waals surface area contributed by atoms with Gasteiger partial charge in [0.05, 0.1) is 18.0 Å². The topological polar surface area (TPSA) is 72.2 Å². The molecule has 20 heavy (non-hydrogen) atoms. The van der Waals surface area contributed by atoms with E-state index in [1.807, 2.05) is 17.5 Å². The Hall–Kier alpha value is -1.47. The molecule has 108 valence electrons. The Morgan fingerprint density at radius 1 is 1.60 bits per heavy atom. The lowest BCUT2D eigenvalue weighted by Crippen LogP contribution is -2.35. The first-order chi connectivity index (χ1) is 9.56. The van der Waals surface area contributed by atoms with Gasteiger partial charge in [0.1, 0.15) is 11.0 Å². The van der Waals surface area contributed by atoms with Crippen LogP contribution in [0.4, 0.5) is 0 Å². The van der Waals surface area contributed by atoms with Crippen LogP contribution in [0.15, 0.2) is 28.1 Å². The van der Waals surface area contributed by atoms with Crippen molar-refractivity contribution in [2.45, 2.75) is 31.4 Å². The third kappa shape index (κ3) is 4.01. The van der Waals surface area contributed by atoms with Crippen molar-refractivity contribution < 1.29 is 13.5 Å². The predicted octanol–water partition coefficient (Wildman–Crippen LogP) is 2.00. The minimum Gasteiger partial charge on any atom is -0.360 e. The second-order valence-electron chi connectivity index (χ2n) is 4.40. The van der Waals surface area contributed by atoms with Gasteiger partial charge in [-0.1, -0.05) is 11.2 Å². The molecule has 5 nitrogen and oxygen atoms in total. The molecule has 2 aromatic rings. The number of hydrogen-bond acceptors (Lipinski definition) is 5. The number of carbonyl (C=O) groups excluding carboxylic acids is 1.